The maximum Gasteiger partial charge on any atom is 0.137 e. The van der Waals surface area contributed by atoms with Crippen molar-refractivity contribution in [2.24, 2.45) is 5.92 Å². The summed E-state index contributed by atoms with van der Waals surface area (Å²) in [6.07, 6.45) is 2.84. The van der Waals surface area contributed by atoms with E-state index in [-0.39, 0.29) is 5.41 Å². The monoisotopic (exact) mass is 517 g/mol. The summed E-state index contributed by atoms with van der Waals surface area (Å²) in [5.74, 6) is 0.570. The third kappa shape index (κ3) is 4.14. The van der Waals surface area contributed by atoms with E-state index >= 15 is 0 Å². The van der Waals surface area contributed by atoms with Crippen molar-refractivity contribution in [3.05, 3.63) is 88.5 Å². The Bertz CT molecular complexity index is 1830. The summed E-state index contributed by atoms with van der Waals surface area (Å²) in [4.78, 5) is 7.68. The molecule has 6 rings (SSSR count). The molecule has 0 saturated carbocycles. The van der Waals surface area contributed by atoms with Gasteiger partial charge in [0, 0.05) is 21.2 Å². The van der Waals surface area contributed by atoms with Gasteiger partial charge in [-0.1, -0.05) is 71.0 Å². The molecule has 3 heteroatoms. The lowest BCUT2D eigenvalue weighted by atomic mass is 9.82. The number of rotatable bonds is 4. The minimum absolute atomic E-state index is 0.0217. The van der Waals surface area contributed by atoms with Gasteiger partial charge in [0.1, 0.15) is 10.4 Å². The molecule has 192 valence electrons. The molecule has 3 aromatic heterocycles. The van der Waals surface area contributed by atoms with Crippen LogP contribution in [0.15, 0.2) is 71.3 Å². The van der Waals surface area contributed by atoms with Crippen LogP contribution in [0.4, 0.5) is 0 Å². The lowest BCUT2D eigenvalue weighted by Gasteiger charge is -2.23. The zero-order valence-corrected chi connectivity index (χ0v) is 24.2. The molecule has 0 spiro atoms. The highest BCUT2D eigenvalue weighted by Gasteiger charge is 2.22. The standard InChI is InChI=1S/C35H35NOS/c1-20(2)16-24-12-13-27(28-14-15-37-33(24)28)29-19-31(36-34-32(29)21(3)22(4)38-34)25-17-23-10-8-9-11-26(23)30(18-25)35(5,6)7/h8-15,17-20H,16H2,1-7H3. The van der Waals surface area contributed by atoms with E-state index in [1.54, 1.807) is 11.3 Å². The first-order chi connectivity index (χ1) is 18.1. The molecular formula is C35H35NOS. The first kappa shape index (κ1) is 24.9. The molecule has 2 nitrogen and oxygen atoms in total. The van der Waals surface area contributed by atoms with Crippen LogP contribution in [-0.4, -0.2) is 4.98 Å². The summed E-state index contributed by atoms with van der Waals surface area (Å²) in [7, 11) is 0. The Morgan fingerprint density at radius 3 is 2.45 bits per heavy atom. The SMILES string of the molecule is Cc1sc2nc(-c3cc(C(C)(C)C)c4ccccc4c3)cc(-c3ccc(CC(C)C)c4occc34)c2c1C. The van der Waals surface area contributed by atoms with E-state index in [2.05, 4.69) is 109 Å². The first-order valence-electron chi connectivity index (χ1n) is 13.6. The van der Waals surface area contributed by atoms with Crippen molar-refractivity contribution in [3.8, 4) is 22.4 Å². The fourth-order valence-electron chi connectivity index (χ4n) is 5.75. The van der Waals surface area contributed by atoms with Crippen molar-refractivity contribution in [2.75, 3.05) is 0 Å². The fraction of sp³-hybridized carbons (Fsp3) is 0.286. The predicted molar refractivity (Wildman–Crippen MR) is 164 cm³/mol. The third-order valence-corrected chi connectivity index (χ3v) is 8.82. The second-order valence-electron chi connectivity index (χ2n) is 12.0. The average Bonchev–Trinajstić information content (AvgIpc) is 3.47. The van der Waals surface area contributed by atoms with E-state index in [0.29, 0.717) is 5.92 Å². The van der Waals surface area contributed by atoms with Crippen LogP contribution in [0.5, 0.6) is 0 Å². The molecule has 6 aromatic rings. The minimum atomic E-state index is 0.0217. The molecule has 38 heavy (non-hydrogen) atoms. The Hall–Kier alpha value is -3.43. The summed E-state index contributed by atoms with van der Waals surface area (Å²) in [6, 6.07) is 22.4. The molecule has 0 bridgehead atoms. The van der Waals surface area contributed by atoms with Crippen LogP contribution >= 0.6 is 11.3 Å². The number of fused-ring (bicyclic) bond motifs is 3. The number of pyridine rings is 1. The topological polar surface area (TPSA) is 26.0 Å². The first-order valence-corrected chi connectivity index (χ1v) is 14.4. The molecule has 0 aliphatic carbocycles. The highest BCUT2D eigenvalue weighted by atomic mass is 32.1. The number of hydrogen-bond acceptors (Lipinski definition) is 3. The lowest BCUT2D eigenvalue weighted by molar-refractivity contribution is 0.595. The van der Waals surface area contributed by atoms with Crippen molar-refractivity contribution in [1.82, 2.24) is 4.98 Å². The van der Waals surface area contributed by atoms with Crippen LogP contribution in [-0.2, 0) is 11.8 Å². The van der Waals surface area contributed by atoms with Gasteiger partial charge >= 0.3 is 0 Å². The molecule has 0 atom stereocenters. The fourth-order valence-corrected chi connectivity index (χ4v) is 6.80. The van der Waals surface area contributed by atoms with Gasteiger partial charge in [0.15, 0.2) is 0 Å². The molecule has 0 radical (unpaired) electrons. The number of aryl methyl sites for hydroxylation is 2. The normalized spacial score (nSPS) is 12.4. The summed E-state index contributed by atoms with van der Waals surface area (Å²) < 4.78 is 6.06. The molecule has 0 fully saturated rings. The highest BCUT2D eigenvalue weighted by Crippen LogP contribution is 2.43. The van der Waals surface area contributed by atoms with Gasteiger partial charge in [0.25, 0.3) is 0 Å². The van der Waals surface area contributed by atoms with Gasteiger partial charge < -0.3 is 4.42 Å². The Morgan fingerprint density at radius 2 is 1.68 bits per heavy atom. The molecule has 0 aliphatic heterocycles. The van der Waals surface area contributed by atoms with E-state index in [0.717, 1.165) is 22.5 Å². The van der Waals surface area contributed by atoms with E-state index in [9.17, 15) is 0 Å². The van der Waals surface area contributed by atoms with Gasteiger partial charge in [-0.2, -0.15) is 0 Å². The molecule has 3 aromatic carbocycles. The Kier molecular flexibility index (Phi) is 5.96. The molecule has 3 heterocycles. The lowest BCUT2D eigenvalue weighted by Crippen LogP contribution is -2.12. The predicted octanol–water partition coefficient (Wildman–Crippen LogP) is 10.6. The van der Waals surface area contributed by atoms with Gasteiger partial charge in [-0.15, -0.1) is 11.3 Å². The Balaban J connectivity index is 1.65. The summed E-state index contributed by atoms with van der Waals surface area (Å²) >= 11 is 1.79. The van der Waals surface area contributed by atoms with E-state index in [4.69, 9.17) is 9.40 Å². The van der Waals surface area contributed by atoms with E-state index < -0.39 is 0 Å². The Morgan fingerprint density at radius 1 is 0.895 bits per heavy atom. The number of aromatic nitrogens is 1. The van der Waals surface area contributed by atoms with Crippen molar-refractivity contribution in [2.45, 2.75) is 60.3 Å². The number of thiophene rings is 1. The zero-order chi connectivity index (χ0) is 26.8. The van der Waals surface area contributed by atoms with Gasteiger partial charge in [0.05, 0.1) is 12.0 Å². The molecular weight excluding hydrogens is 482 g/mol. The van der Waals surface area contributed by atoms with Crippen LogP contribution < -0.4 is 0 Å². The van der Waals surface area contributed by atoms with Crippen LogP contribution in [0.2, 0.25) is 0 Å². The second-order valence-corrected chi connectivity index (χ2v) is 13.3. The average molecular weight is 518 g/mol. The minimum Gasteiger partial charge on any atom is -0.464 e. The number of benzene rings is 3. The molecule has 0 saturated heterocycles. The van der Waals surface area contributed by atoms with Crippen molar-refractivity contribution < 1.29 is 4.42 Å². The maximum atomic E-state index is 6.06. The van der Waals surface area contributed by atoms with Gasteiger partial charge in [-0.3, -0.25) is 0 Å². The summed E-state index contributed by atoms with van der Waals surface area (Å²) in [5, 5.41) is 5.01. The van der Waals surface area contributed by atoms with Crippen LogP contribution in [0.1, 0.15) is 56.2 Å². The second kappa shape index (κ2) is 9.10. The highest BCUT2D eigenvalue weighted by molar-refractivity contribution is 7.18. The number of nitrogens with zero attached hydrogens (tertiary/aromatic N) is 1. The zero-order valence-electron chi connectivity index (χ0n) is 23.4. The third-order valence-electron chi connectivity index (χ3n) is 7.72. The molecule has 0 unspecified atom stereocenters. The maximum absolute atomic E-state index is 6.06. The van der Waals surface area contributed by atoms with Crippen LogP contribution in [0, 0.1) is 19.8 Å². The summed E-state index contributed by atoms with van der Waals surface area (Å²) in [5.41, 5.74) is 9.61. The van der Waals surface area contributed by atoms with Crippen molar-refractivity contribution in [1.29, 1.82) is 0 Å². The number of hydrogen-bond donors (Lipinski definition) is 0. The van der Waals surface area contributed by atoms with Crippen molar-refractivity contribution >= 4 is 43.3 Å². The van der Waals surface area contributed by atoms with Gasteiger partial charge in [-0.05, 0) is 94.5 Å². The van der Waals surface area contributed by atoms with E-state index in [1.807, 2.05) is 6.26 Å². The van der Waals surface area contributed by atoms with Gasteiger partial charge in [0.2, 0.25) is 0 Å². The summed E-state index contributed by atoms with van der Waals surface area (Å²) in [6.45, 7) is 15.8. The molecule has 0 N–H and O–H groups in total. The van der Waals surface area contributed by atoms with Gasteiger partial charge in [-0.25, -0.2) is 4.98 Å². The molecule has 0 amide bonds. The quantitative estimate of drug-likeness (QED) is 0.232. The number of furan rings is 1. The van der Waals surface area contributed by atoms with Crippen molar-refractivity contribution in [3.63, 3.8) is 0 Å². The van der Waals surface area contributed by atoms with Crippen LogP contribution in [0.25, 0.3) is 54.3 Å². The smallest absolute Gasteiger partial charge is 0.137 e. The van der Waals surface area contributed by atoms with Crippen LogP contribution in [0.3, 0.4) is 0 Å². The Labute approximate surface area is 229 Å². The molecule has 0 aliphatic rings. The van der Waals surface area contributed by atoms with E-state index in [1.165, 1.54) is 59.8 Å². The largest absolute Gasteiger partial charge is 0.464 e.